The number of carbonyl (C=O) groups excluding carboxylic acids is 1. The number of unbranched alkanes of at least 4 members (excludes halogenated alkanes) is 10. The SMILES string of the molecule is CCCCCCCCCCCCCC(=O)NC(=S)Nc1ccccc1C#N. The summed E-state index contributed by atoms with van der Waals surface area (Å²) in [5.41, 5.74) is 1.11. The minimum Gasteiger partial charge on any atom is -0.331 e. The van der Waals surface area contributed by atoms with Gasteiger partial charge in [0.25, 0.3) is 0 Å². The van der Waals surface area contributed by atoms with Crippen molar-refractivity contribution < 1.29 is 4.79 Å². The van der Waals surface area contributed by atoms with Crippen LogP contribution in [0.25, 0.3) is 0 Å². The Labute approximate surface area is 169 Å². The van der Waals surface area contributed by atoms with E-state index in [4.69, 9.17) is 17.5 Å². The molecule has 0 saturated heterocycles. The third-order valence-electron chi connectivity index (χ3n) is 4.56. The summed E-state index contributed by atoms with van der Waals surface area (Å²) in [6.45, 7) is 2.25. The van der Waals surface area contributed by atoms with Gasteiger partial charge in [-0.25, -0.2) is 0 Å². The van der Waals surface area contributed by atoms with Crippen molar-refractivity contribution in [3.05, 3.63) is 29.8 Å². The fourth-order valence-corrected chi connectivity index (χ4v) is 3.21. The van der Waals surface area contributed by atoms with Crippen LogP contribution in [0.2, 0.25) is 0 Å². The number of nitrogens with zero attached hydrogens (tertiary/aromatic N) is 1. The third-order valence-corrected chi connectivity index (χ3v) is 4.76. The van der Waals surface area contributed by atoms with Crippen molar-refractivity contribution in [2.45, 2.75) is 84.0 Å². The van der Waals surface area contributed by atoms with Crippen molar-refractivity contribution in [1.82, 2.24) is 5.32 Å². The fourth-order valence-electron chi connectivity index (χ4n) is 2.98. The average molecular weight is 388 g/mol. The molecule has 0 aliphatic carbocycles. The van der Waals surface area contributed by atoms with E-state index in [2.05, 4.69) is 23.6 Å². The molecule has 1 amide bonds. The van der Waals surface area contributed by atoms with E-state index in [1.165, 1.54) is 57.8 Å². The second kappa shape index (κ2) is 15.2. The maximum Gasteiger partial charge on any atom is 0.226 e. The van der Waals surface area contributed by atoms with Gasteiger partial charge in [0.1, 0.15) is 6.07 Å². The number of nitrogens with one attached hydrogen (secondary N) is 2. The smallest absolute Gasteiger partial charge is 0.226 e. The van der Waals surface area contributed by atoms with Gasteiger partial charge in [-0.3, -0.25) is 4.79 Å². The van der Waals surface area contributed by atoms with Crippen LogP contribution in [0.4, 0.5) is 5.69 Å². The summed E-state index contributed by atoms with van der Waals surface area (Å²) in [5, 5.41) is 14.9. The summed E-state index contributed by atoms with van der Waals surface area (Å²) < 4.78 is 0. The van der Waals surface area contributed by atoms with E-state index in [0.717, 1.165) is 12.8 Å². The lowest BCUT2D eigenvalue weighted by atomic mass is 10.1. The Morgan fingerprint density at radius 3 is 2.11 bits per heavy atom. The first-order valence-electron chi connectivity index (χ1n) is 10.3. The van der Waals surface area contributed by atoms with Crippen molar-refractivity contribution in [3.8, 4) is 6.07 Å². The van der Waals surface area contributed by atoms with Crippen LogP contribution in [-0.2, 0) is 4.79 Å². The molecule has 1 rings (SSSR count). The van der Waals surface area contributed by atoms with Crippen LogP contribution in [0.5, 0.6) is 0 Å². The van der Waals surface area contributed by atoms with Gasteiger partial charge in [0, 0.05) is 6.42 Å². The average Bonchev–Trinajstić information content (AvgIpc) is 2.66. The van der Waals surface area contributed by atoms with Gasteiger partial charge in [-0.2, -0.15) is 5.26 Å². The normalized spacial score (nSPS) is 10.2. The van der Waals surface area contributed by atoms with Gasteiger partial charge in [0.15, 0.2) is 5.11 Å². The van der Waals surface area contributed by atoms with Gasteiger partial charge in [0.05, 0.1) is 11.3 Å². The number of anilines is 1. The van der Waals surface area contributed by atoms with E-state index in [1.807, 2.05) is 6.07 Å². The summed E-state index contributed by atoms with van der Waals surface area (Å²) in [7, 11) is 0. The molecule has 1 aromatic rings. The second-order valence-electron chi connectivity index (χ2n) is 6.95. The molecule has 0 atom stereocenters. The topological polar surface area (TPSA) is 64.9 Å². The van der Waals surface area contributed by atoms with Gasteiger partial charge in [-0.1, -0.05) is 83.3 Å². The van der Waals surface area contributed by atoms with E-state index in [0.29, 0.717) is 17.7 Å². The van der Waals surface area contributed by atoms with Gasteiger partial charge >= 0.3 is 0 Å². The number of carbonyl (C=O) groups is 1. The number of nitriles is 1. The van der Waals surface area contributed by atoms with Crippen LogP contribution < -0.4 is 10.6 Å². The summed E-state index contributed by atoms with van der Waals surface area (Å²) in [6, 6.07) is 9.17. The van der Waals surface area contributed by atoms with E-state index in [9.17, 15) is 4.79 Å². The van der Waals surface area contributed by atoms with E-state index in [-0.39, 0.29) is 11.0 Å². The lowest BCUT2D eigenvalue weighted by molar-refractivity contribution is -0.119. The monoisotopic (exact) mass is 387 g/mol. The zero-order chi connectivity index (χ0) is 19.7. The van der Waals surface area contributed by atoms with E-state index < -0.39 is 0 Å². The van der Waals surface area contributed by atoms with Crippen LogP contribution in [0.3, 0.4) is 0 Å². The van der Waals surface area contributed by atoms with Crippen LogP contribution >= 0.6 is 12.2 Å². The summed E-state index contributed by atoms with van der Waals surface area (Å²) in [6.07, 6.45) is 14.4. The predicted molar refractivity (Wildman–Crippen MR) is 117 cm³/mol. The number of para-hydroxylation sites is 1. The van der Waals surface area contributed by atoms with Crippen LogP contribution in [0.1, 0.15) is 89.5 Å². The first-order chi connectivity index (χ1) is 13.2. The Kier molecular flexibility index (Phi) is 13.0. The molecule has 0 saturated carbocycles. The zero-order valence-corrected chi connectivity index (χ0v) is 17.4. The summed E-state index contributed by atoms with van der Waals surface area (Å²) in [5.74, 6) is -0.0714. The Bertz CT molecular complexity index is 610. The van der Waals surface area contributed by atoms with Gasteiger partial charge in [0.2, 0.25) is 5.91 Å². The Morgan fingerprint density at radius 1 is 0.963 bits per heavy atom. The minimum atomic E-state index is -0.0714. The van der Waals surface area contributed by atoms with Gasteiger partial charge < -0.3 is 10.6 Å². The van der Waals surface area contributed by atoms with Crippen molar-refractivity contribution in [2.75, 3.05) is 5.32 Å². The highest BCUT2D eigenvalue weighted by molar-refractivity contribution is 7.80. The largest absolute Gasteiger partial charge is 0.331 e. The number of rotatable bonds is 13. The molecule has 0 spiro atoms. The number of hydrogen-bond donors (Lipinski definition) is 2. The molecule has 148 valence electrons. The zero-order valence-electron chi connectivity index (χ0n) is 16.6. The molecule has 0 heterocycles. The molecule has 27 heavy (non-hydrogen) atoms. The molecule has 1 aromatic carbocycles. The van der Waals surface area contributed by atoms with Gasteiger partial charge in [-0.05, 0) is 30.8 Å². The molecule has 0 aromatic heterocycles. The van der Waals surface area contributed by atoms with Crippen LogP contribution in [0, 0.1) is 11.3 Å². The molecule has 0 unspecified atom stereocenters. The van der Waals surface area contributed by atoms with Crippen molar-refractivity contribution in [2.24, 2.45) is 0 Å². The van der Waals surface area contributed by atoms with Crippen LogP contribution in [-0.4, -0.2) is 11.0 Å². The number of hydrogen-bond acceptors (Lipinski definition) is 3. The lowest BCUT2D eigenvalue weighted by Crippen LogP contribution is -2.34. The summed E-state index contributed by atoms with van der Waals surface area (Å²) >= 11 is 5.15. The fraction of sp³-hybridized carbons (Fsp3) is 0.591. The number of amides is 1. The Hall–Kier alpha value is -1.93. The lowest BCUT2D eigenvalue weighted by Gasteiger charge is -2.10. The van der Waals surface area contributed by atoms with Gasteiger partial charge in [-0.15, -0.1) is 0 Å². The van der Waals surface area contributed by atoms with Crippen molar-refractivity contribution >= 4 is 28.9 Å². The molecule has 0 radical (unpaired) electrons. The van der Waals surface area contributed by atoms with Crippen molar-refractivity contribution in [3.63, 3.8) is 0 Å². The van der Waals surface area contributed by atoms with Crippen LogP contribution in [0.15, 0.2) is 24.3 Å². The number of thiocarbonyl (C=S) groups is 1. The molecular formula is C22H33N3OS. The molecule has 4 nitrogen and oxygen atoms in total. The summed E-state index contributed by atoms with van der Waals surface area (Å²) in [4.78, 5) is 12.0. The van der Waals surface area contributed by atoms with E-state index in [1.54, 1.807) is 18.2 Å². The van der Waals surface area contributed by atoms with E-state index >= 15 is 0 Å². The minimum absolute atomic E-state index is 0.0714. The Balaban J connectivity index is 2.04. The first-order valence-corrected chi connectivity index (χ1v) is 10.7. The quantitative estimate of drug-likeness (QED) is 0.318. The molecule has 0 fully saturated rings. The third kappa shape index (κ3) is 11.4. The highest BCUT2D eigenvalue weighted by atomic mass is 32.1. The molecular weight excluding hydrogens is 354 g/mol. The highest BCUT2D eigenvalue weighted by Crippen LogP contribution is 2.14. The highest BCUT2D eigenvalue weighted by Gasteiger charge is 2.07. The first kappa shape index (κ1) is 23.1. The Morgan fingerprint density at radius 2 is 1.52 bits per heavy atom. The molecule has 2 N–H and O–H groups in total. The molecule has 0 aliphatic rings. The number of benzene rings is 1. The maximum absolute atomic E-state index is 12.0. The second-order valence-corrected chi connectivity index (χ2v) is 7.35. The molecule has 5 heteroatoms. The van der Waals surface area contributed by atoms with Crippen molar-refractivity contribution in [1.29, 1.82) is 5.26 Å². The predicted octanol–water partition coefficient (Wildman–Crippen LogP) is 6.07. The molecule has 0 bridgehead atoms. The maximum atomic E-state index is 12.0. The standard InChI is InChI=1S/C22H33N3OS/c1-2-3-4-5-6-7-8-9-10-11-12-17-21(26)25-22(27)24-20-16-14-13-15-19(20)18-23/h13-16H,2-12,17H2,1H3,(H2,24,25,26,27). The molecule has 0 aliphatic heterocycles.